The molecule has 0 amide bonds. The van der Waals surface area contributed by atoms with E-state index in [-0.39, 0.29) is 28.6 Å². The van der Waals surface area contributed by atoms with Gasteiger partial charge in [0.25, 0.3) is 0 Å². The molecule has 0 saturated carbocycles. The Morgan fingerprint density at radius 3 is 2.59 bits per heavy atom. The topological polar surface area (TPSA) is 105 Å². The highest BCUT2D eigenvalue weighted by Crippen LogP contribution is 2.24. The zero-order chi connectivity index (χ0) is 19.9. The molecule has 3 rings (SSSR count). The molecule has 0 radical (unpaired) electrons. The van der Waals surface area contributed by atoms with E-state index < -0.39 is 39.9 Å². The van der Waals surface area contributed by atoms with Gasteiger partial charge in [-0.3, -0.25) is 14.4 Å². The average molecular weight is 391 g/mol. The van der Waals surface area contributed by atoms with Crippen LogP contribution >= 0.6 is 11.6 Å². The summed E-state index contributed by atoms with van der Waals surface area (Å²) in [6.45, 7) is 1.83. The summed E-state index contributed by atoms with van der Waals surface area (Å²) >= 11 is 5.69. The summed E-state index contributed by atoms with van der Waals surface area (Å²) in [6, 6.07) is 3.58. The molecule has 1 aliphatic carbocycles. The number of benzene rings is 1. The van der Waals surface area contributed by atoms with Crippen LogP contribution in [0.3, 0.4) is 0 Å². The number of allylic oxidation sites excluding steroid dienone is 2. The number of aromatic carboxylic acids is 1. The summed E-state index contributed by atoms with van der Waals surface area (Å²) in [5.74, 6) is -3.62. The second kappa shape index (κ2) is 6.81. The van der Waals surface area contributed by atoms with Gasteiger partial charge in [0.15, 0.2) is 0 Å². The van der Waals surface area contributed by atoms with Crippen LogP contribution in [-0.2, 0) is 6.54 Å². The summed E-state index contributed by atoms with van der Waals surface area (Å²) in [7, 11) is 0. The van der Waals surface area contributed by atoms with E-state index in [1.165, 1.54) is 16.7 Å². The standard InChI is InChI=1S/C18H12ClFN2O5/c1-2-22-7-9(18(26)27)16(24)14-15(22)13(23)6-12(17(14)25)21-8-3-4-11(20)10(19)5-8/h3-7,21H,2H2,1H3,(H,26,27). The van der Waals surface area contributed by atoms with Gasteiger partial charge in [-0.2, -0.15) is 0 Å². The number of Topliss-reactive ketones (excluding diaryl/α,β-unsaturated/α-hetero) is 1. The highest BCUT2D eigenvalue weighted by Gasteiger charge is 2.33. The quantitative estimate of drug-likeness (QED) is 0.831. The van der Waals surface area contributed by atoms with Crippen LogP contribution in [0.5, 0.6) is 0 Å². The first-order chi connectivity index (χ1) is 12.7. The lowest BCUT2D eigenvalue weighted by atomic mass is 9.94. The first-order valence-electron chi connectivity index (χ1n) is 7.78. The monoisotopic (exact) mass is 390 g/mol. The van der Waals surface area contributed by atoms with E-state index >= 15 is 0 Å². The first-order valence-corrected chi connectivity index (χ1v) is 8.16. The molecule has 1 heterocycles. The van der Waals surface area contributed by atoms with E-state index in [9.17, 15) is 28.7 Å². The van der Waals surface area contributed by atoms with Crippen LogP contribution in [0.2, 0.25) is 5.02 Å². The van der Waals surface area contributed by atoms with Crippen LogP contribution < -0.4 is 10.7 Å². The Balaban J connectivity index is 2.13. The smallest absolute Gasteiger partial charge is 0.341 e. The minimum absolute atomic E-state index is 0.166. The third-order valence-electron chi connectivity index (χ3n) is 4.03. The van der Waals surface area contributed by atoms with Gasteiger partial charge in [0.05, 0.1) is 10.7 Å². The summed E-state index contributed by atoms with van der Waals surface area (Å²) in [5, 5.41) is 11.6. The highest BCUT2D eigenvalue weighted by atomic mass is 35.5. The molecule has 0 atom stereocenters. The molecule has 27 heavy (non-hydrogen) atoms. The normalized spacial score (nSPS) is 13.2. The Kier molecular flexibility index (Phi) is 4.67. The predicted octanol–water partition coefficient (Wildman–Crippen LogP) is 2.73. The Morgan fingerprint density at radius 1 is 1.30 bits per heavy atom. The minimum atomic E-state index is -1.50. The Hall–Kier alpha value is -3.26. The molecular weight excluding hydrogens is 379 g/mol. The number of aromatic nitrogens is 1. The number of carbonyl (C=O) groups excluding carboxylic acids is 2. The second-order valence-corrected chi connectivity index (χ2v) is 6.10. The predicted molar refractivity (Wildman–Crippen MR) is 95.1 cm³/mol. The molecule has 138 valence electrons. The molecule has 0 aliphatic heterocycles. The Bertz CT molecular complexity index is 1100. The van der Waals surface area contributed by atoms with Gasteiger partial charge in [-0.05, 0) is 25.1 Å². The van der Waals surface area contributed by atoms with Gasteiger partial charge in [0.1, 0.15) is 22.6 Å². The minimum Gasteiger partial charge on any atom is -0.477 e. The number of carbonyl (C=O) groups is 3. The summed E-state index contributed by atoms with van der Waals surface area (Å²) in [5.41, 5.74) is -2.34. The molecule has 2 aromatic rings. The largest absolute Gasteiger partial charge is 0.477 e. The van der Waals surface area contributed by atoms with Crippen LogP contribution in [0.1, 0.15) is 38.1 Å². The second-order valence-electron chi connectivity index (χ2n) is 5.69. The molecule has 7 nitrogen and oxygen atoms in total. The molecule has 0 fully saturated rings. The molecule has 9 heteroatoms. The lowest BCUT2D eigenvalue weighted by Gasteiger charge is -2.20. The maximum Gasteiger partial charge on any atom is 0.341 e. The molecule has 1 aromatic heterocycles. The van der Waals surface area contributed by atoms with Crippen LogP contribution in [0, 0.1) is 5.82 Å². The zero-order valence-corrected chi connectivity index (χ0v) is 14.6. The van der Waals surface area contributed by atoms with Gasteiger partial charge < -0.3 is 15.0 Å². The third-order valence-corrected chi connectivity index (χ3v) is 4.32. The fraction of sp³-hybridized carbons (Fsp3) is 0.111. The number of halogens is 2. The van der Waals surface area contributed by atoms with E-state index in [0.29, 0.717) is 0 Å². The van der Waals surface area contributed by atoms with Crippen molar-refractivity contribution in [3.63, 3.8) is 0 Å². The average Bonchev–Trinajstić information content (AvgIpc) is 2.61. The Morgan fingerprint density at radius 2 is 2.00 bits per heavy atom. The van der Waals surface area contributed by atoms with E-state index in [4.69, 9.17) is 11.6 Å². The van der Waals surface area contributed by atoms with Gasteiger partial charge in [-0.15, -0.1) is 0 Å². The number of nitrogens with zero attached hydrogens (tertiary/aromatic N) is 1. The van der Waals surface area contributed by atoms with Crippen LogP contribution in [-0.4, -0.2) is 27.2 Å². The van der Waals surface area contributed by atoms with Crippen LogP contribution in [0.15, 0.2) is 41.0 Å². The molecule has 2 N–H and O–H groups in total. The summed E-state index contributed by atoms with van der Waals surface area (Å²) in [4.78, 5) is 49.1. The number of ketones is 2. The molecule has 1 aromatic carbocycles. The molecule has 0 bridgehead atoms. The fourth-order valence-corrected chi connectivity index (χ4v) is 2.94. The molecule has 0 spiro atoms. The van der Waals surface area contributed by atoms with E-state index in [1.807, 2.05) is 0 Å². The van der Waals surface area contributed by atoms with Crippen molar-refractivity contribution in [1.29, 1.82) is 0 Å². The molecular formula is C18H12ClFN2O5. The van der Waals surface area contributed by atoms with Crippen molar-refractivity contribution in [2.75, 3.05) is 5.32 Å². The van der Waals surface area contributed by atoms with E-state index in [2.05, 4.69) is 5.32 Å². The van der Waals surface area contributed by atoms with Gasteiger partial charge in [0, 0.05) is 24.5 Å². The SMILES string of the molecule is CCn1cc(C(=O)O)c(=O)c2c1C(=O)C=C(Nc1ccc(F)c(Cl)c1)C2=O. The number of nitrogens with one attached hydrogen (secondary N) is 1. The van der Waals surface area contributed by atoms with E-state index in [1.54, 1.807) is 6.92 Å². The number of hydrogen-bond donors (Lipinski definition) is 2. The molecule has 0 unspecified atom stereocenters. The summed E-state index contributed by atoms with van der Waals surface area (Å²) < 4.78 is 14.5. The highest BCUT2D eigenvalue weighted by molar-refractivity contribution is 6.31. The van der Waals surface area contributed by atoms with Crippen molar-refractivity contribution in [1.82, 2.24) is 4.57 Å². The lowest BCUT2D eigenvalue weighted by Crippen LogP contribution is -2.34. The maximum absolute atomic E-state index is 13.3. The van der Waals surface area contributed by atoms with Crippen LogP contribution in [0.25, 0.3) is 0 Å². The number of anilines is 1. The van der Waals surface area contributed by atoms with Crippen molar-refractivity contribution in [3.05, 3.63) is 74.1 Å². The number of rotatable bonds is 4. The van der Waals surface area contributed by atoms with Crippen molar-refractivity contribution in [2.45, 2.75) is 13.5 Å². The number of pyridine rings is 1. The third kappa shape index (κ3) is 3.15. The number of aryl methyl sites for hydroxylation is 1. The summed E-state index contributed by atoms with van der Waals surface area (Å²) in [6.07, 6.45) is 2.05. The molecule has 0 saturated heterocycles. The number of hydrogen-bond acceptors (Lipinski definition) is 5. The zero-order valence-electron chi connectivity index (χ0n) is 13.9. The van der Waals surface area contributed by atoms with Crippen molar-refractivity contribution >= 4 is 34.8 Å². The van der Waals surface area contributed by atoms with Gasteiger partial charge in [0.2, 0.25) is 17.0 Å². The van der Waals surface area contributed by atoms with Crippen LogP contribution in [0.4, 0.5) is 10.1 Å². The number of fused-ring (bicyclic) bond motifs is 1. The van der Waals surface area contributed by atoms with Gasteiger partial charge >= 0.3 is 5.97 Å². The number of carboxylic acids is 1. The van der Waals surface area contributed by atoms with Gasteiger partial charge in [-0.1, -0.05) is 11.6 Å². The van der Waals surface area contributed by atoms with Crippen molar-refractivity contribution in [3.8, 4) is 0 Å². The first kappa shape index (κ1) is 18.5. The Labute approximate surface area is 156 Å². The molecule has 1 aliphatic rings. The van der Waals surface area contributed by atoms with Crippen molar-refractivity contribution < 1.29 is 23.9 Å². The van der Waals surface area contributed by atoms with Gasteiger partial charge in [-0.25, -0.2) is 9.18 Å². The fourth-order valence-electron chi connectivity index (χ4n) is 2.76. The van der Waals surface area contributed by atoms with E-state index in [0.717, 1.165) is 18.3 Å². The lowest BCUT2D eigenvalue weighted by molar-refractivity contribution is 0.0693. The number of carboxylic acid groups (broad SMARTS) is 1. The van der Waals surface area contributed by atoms with Crippen molar-refractivity contribution in [2.24, 2.45) is 0 Å². The maximum atomic E-state index is 13.3.